The quantitative estimate of drug-likeness (QED) is 0.170. The van der Waals surface area contributed by atoms with Gasteiger partial charge >= 0.3 is 15.0 Å². The predicted octanol–water partition coefficient (Wildman–Crippen LogP) is -0.263. The summed E-state index contributed by atoms with van der Waals surface area (Å²) in [5.74, 6) is -0.182. The number of H-pyrrole nitrogens is 2. The fourth-order valence-corrected chi connectivity index (χ4v) is 9.05. The van der Waals surface area contributed by atoms with Crippen LogP contribution < -0.4 is 16.9 Å². The number of nitrogens with two attached hydrogens (primary N) is 1. The monoisotopic (exact) mass is 692 g/mol. The SMILES string of the molecule is Nc1nc2c(ncn2[C@@H]2S[C@@H]3CO[P+](=O)O[C@H]4C(F)[C@H](n5cnc6c(=O)[nH]cnc65)O[C@@H]4COP(O)(=S)O[C@@H]2[C@@H]3O)c(=O)[nH]1. The van der Waals surface area contributed by atoms with Crippen molar-refractivity contribution < 1.29 is 41.8 Å². The molecule has 3 saturated heterocycles. The van der Waals surface area contributed by atoms with Crippen molar-refractivity contribution in [3.8, 4) is 0 Å². The van der Waals surface area contributed by atoms with Crippen molar-refractivity contribution in [1.29, 1.82) is 0 Å². The molecule has 4 aromatic heterocycles. The Balaban J connectivity index is 1.19. The second kappa shape index (κ2) is 11.2. The van der Waals surface area contributed by atoms with Gasteiger partial charge in [-0.05, 0) is 11.8 Å². The molecule has 4 aromatic rings. The van der Waals surface area contributed by atoms with Gasteiger partial charge in [0.05, 0.1) is 36.9 Å². The first-order valence-corrected chi connectivity index (χ1v) is 17.3. The van der Waals surface area contributed by atoms with Gasteiger partial charge in [0, 0.05) is 4.57 Å². The van der Waals surface area contributed by atoms with Crippen molar-refractivity contribution >= 4 is 66.8 Å². The normalized spacial score (nSPS) is 35.8. The molecule has 0 spiro atoms. The number of imidazole rings is 2. The third kappa shape index (κ3) is 5.18. The van der Waals surface area contributed by atoms with Gasteiger partial charge in [-0.3, -0.25) is 28.2 Å². The smallest absolute Gasteiger partial charge is 0.389 e. The van der Waals surface area contributed by atoms with E-state index in [4.69, 9.17) is 40.4 Å². The third-order valence-electron chi connectivity index (χ3n) is 7.15. The summed E-state index contributed by atoms with van der Waals surface area (Å²) in [5.41, 5.74) is 4.55. The van der Waals surface area contributed by atoms with E-state index in [1.54, 1.807) is 0 Å². The molecule has 0 saturated carbocycles. The van der Waals surface area contributed by atoms with E-state index in [1.807, 2.05) is 0 Å². The van der Waals surface area contributed by atoms with E-state index < -0.39 is 80.1 Å². The number of fused-ring (bicyclic) bond motifs is 5. The number of hydrogen-bond donors (Lipinski definition) is 5. The maximum Gasteiger partial charge on any atom is 0.697 e. The molecule has 0 amide bonds. The van der Waals surface area contributed by atoms with Crippen LogP contribution in [-0.4, -0.2) is 98.1 Å². The van der Waals surface area contributed by atoms with Gasteiger partial charge in [-0.2, -0.15) is 4.98 Å². The summed E-state index contributed by atoms with van der Waals surface area (Å²) >= 11 is 6.30. The van der Waals surface area contributed by atoms with Gasteiger partial charge in [-0.1, -0.05) is 0 Å². The molecule has 0 aliphatic carbocycles. The van der Waals surface area contributed by atoms with E-state index in [2.05, 4.69) is 29.9 Å². The molecule has 2 bridgehead atoms. The van der Waals surface area contributed by atoms with Crippen molar-refractivity contribution in [2.45, 2.75) is 47.4 Å². The van der Waals surface area contributed by atoms with Crippen LogP contribution >= 0.6 is 26.7 Å². The summed E-state index contributed by atoms with van der Waals surface area (Å²) in [6, 6.07) is 0. The molecule has 44 heavy (non-hydrogen) atoms. The van der Waals surface area contributed by atoms with Crippen molar-refractivity contribution in [3.05, 3.63) is 39.7 Å². The minimum absolute atomic E-state index is 0.0197. The van der Waals surface area contributed by atoms with E-state index in [0.29, 0.717) is 0 Å². The topological polar surface area (TPSA) is 257 Å². The van der Waals surface area contributed by atoms with Crippen LogP contribution in [0.2, 0.25) is 0 Å². The molecule has 3 fully saturated rings. The van der Waals surface area contributed by atoms with Crippen LogP contribution in [0.25, 0.3) is 22.3 Å². The van der Waals surface area contributed by atoms with Crippen LogP contribution in [0.3, 0.4) is 0 Å². The van der Waals surface area contributed by atoms with E-state index >= 15 is 4.39 Å². The summed E-state index contributed by atoms with van der Waals surface area (Å²) in [7, 11) is -2.98. The zero-order valence-electron chi connectivity index (χ0n) is 21.8. The number of anilines is 1. The van der Waals surface area contributed by atoms with E-state index in [9.17, 15) is 24.2 Å². The highest BCUT2D eigenvalue weighted by molar-refractivity contribution is 8.07. The first-order chi connectivity index (χ1) is 21.0. The number of nitrogens with zero attached hydrogens (tertiary/aromatic N) is 6. The highest BCUT2D eigenvalue weighted by Crippen LogP contribution is 2.55. The maximum absolute atomic E-state index is 15.8. The molecule has 3 unspecified atom stereocenters. The van der Waals surface area contributed by atoms with Crippen LogP contribution in [0.4, 0.5) is 10.3 Å². The van der Waals surface area contributed by atoms with E-state index in [-0.39, 0.29) is 34.9 Å². The number of halogens is 1. The molecule has 7 heterocycles. The number of aromatic amines is 2. The molecular formula is C20H21FN9O10P2S2+. The van der Waals surface area contributed by atoms with Crippen LogP contribution in [-0.2, 0) is 39.2 Å². The Labute approximate surface area is 253 Å². The largest absolute Gasteiger partial charge is 0.697 e. The molecule has 7 rings (SSSR count). The Morgan fingerprint density at radius 2 is 1.89 bits per heavy atom. The minimum atomic E-state index is -4.20. The summed E-state index contributed by atoms with van der Waals surface area (Å²) in [5, 5.41) is 9.42. The number of hydrogen-bond acceptors (Lipinski definition) is 16. The van der Waals surface area contributed by atoms with Gasteiger partial charge in [0.1, 0.15) is 24.2 Å². The van der Waals surface area contributed by atoms with Crippen LogP contribution in [0.15, 0.2) is 28.6 Å². The van der Waals surface area contributed by atoms with Crippen molar-refractivity contribution in [1.82, 2.24) is 39.0 Å². The number of aliphatic hydroxyl groups is 1. The first-order valence-electron chi connectivity index (χ1n) is 12.7. The fourth-order valence-electron chi connectivity index (χ4n) is 5.17. The molecule has 10 atom stereocenters. The fraction of sp³-hybridized carbons (Fsp3) is 0.500. The summed E-state index contributed by atoms with van der Waals surface area (Å²) < 4.78 is 59.3. The minimum Gasteiger partial charge on any atom is -0.389 e. The maximum atomic E-state index is 15.8. The van der Waals surface area contributed by atoms with Gasteiger partial charge in [-0.15, -0.1) is 20.8 Å². The van der Waals surface area contributed by atoms with Gasteiger partial charge in [0.2, 0.25) is 5.95 Å². The lowest BCUT2D eigenvalue weighted by molar-refractivity contribution is -0.0445. The van der Waals surface area contributed by atoms with Crippen LogP contribution in [0.1, 0.15) is 11.6 Å². The number of rotatable bonds is 2. The average Bonchev–Trinajstić information content (AvgIpc) is 3.72. The summed E-state index contributed by atoms with van der Waals surface area (Å²) in [4.78, 5) is 56.4. The summed E-state index contributed by atoms with van der Waals surface area (Å²) in [6.45, 7) is -5.16. The highest BCUT2D eigenvalue weighted by Gasteiger charge is 2.55. The summed E-state index contributed by atoms with van der Waals surface area (Å²) in [6.07, 6.45) is -5.38. The molecule has 19 nitrogen and oxygen atoms in total. The molecule has 234 valence electrons. The third-order valence-corrected chi connectivity index (χ3v) is 11.0. The van der Waals surface area contributed by atoms with Gasteiger partial charge in [0.15, 0.2) is 40.8 Å². The van der Waals surface area contributed by atoms with Gasteiger partial charge < -0.3 is 30.0 Å². The number of nitrogens with one attached hydrogen (secondary N) is 2. The van der Waals surface area contributed by atoms with E-state index in [0.717, 1.165) is 24.4 Å². The molecule has 3 aliphatic rings. The number of thioether (sulfide) groups is 1. The zero-order valence-corrected chi connectivity index (χ0v) is 25.2. The zero-order chi connectivity index (χ0) is 30.9. The molecule has 6 N–H and O–H groups in total. The highest BCUT2D eigenvalue weighted by atomic mass is 32.5. The Hall–Kier alpha value is -2.75. The number of aromatic nitrogens is 8. The van der Waals surface area contributed by atoms with Crippen LogP contribution in [0, 0.1) is 0 Å². The lowest BCUT2D eigenvalue weighted by Gasteiger charge is -2.27. The second-order valence-corrected chi connectivity index (χ2v) is 14.9. The van der Waals surface area contributed by atoms with Crippen molar-refractivity contribution in [2.75, 3.05) is 18.9 Å². The Bertz CT molecular complexity index is 1940. The Morgan fingerprint density at radius 3 is 2.68 bits per heavy atom. The average molecular weight is 693 g/mol. The lowest BCUT2D eigenvalue weighted by Crippen LogP contribution is -2.35. The molecular weight excluding hydrogens is 671 g/mol. The predicted molar refractivity (Wildman–Crippen MR) is 152 cm³/mol. The molecule has 0 aromatic carbocycles. The Morgan fingerprint density at radius 1 is 1.14 bits per heavy atom. The molecule has 3 aliphatic heterocycles. The van der Waals surface area contributed by atoms with Gasteiger partial charge in [-0.25, -0.2) is 19.3 Å². The number of alkyl halides is 1. The molecule has 24 heteroatoms. The second-order valence-electron chi connectivity index (χ2n) is 9.82. The first kappa shape index (κ1) is 29.9. The van der Waals surface area contributed by atoms with E-state index in [1.165, 1.54) is 15.5 Å². The molecule has 0 radical (unpaired) electrons. The lowest BCUT2D eigenvalue weighted by atomic mass is 10.1. The van der Waals surface area contributed by atoms with Crippen molar-refractivity contribution in [2.24, 2.45) is 0 Å². The number of aliphatic hydroxyl groups excluding tert-OH is 1. The van der Waals surface area contributed by atoms with Crippen LogP contribution in [0.5, 0.6) is 0 Å². The van der Waals surface area contributed by atoms with Crippen molar-refractivity contribution in [3.63, 3.8) is 0 Å². The number of ether oxygens (including phenoxy) is 1. The van der Waals surface area contributed by atoms with Gasteiger partial charge in [0.25, 0.3) is 11.1 Å². The standard InChI is InChI=1S/C20H20FN9O10P2S2/c21-8-12-6(38-18(8)29-4-25-9-14(29)23-3-24-16(9)32)1-37-42(35,43)40-13-11(31)7(2-36-41(34)39-12)44-19(13)30-5-26-10-15(30)27-20(22)28-17(10)33/h3-8,11-13,18-19,31H,1-2H2,(H4-,22,23,24,27,28,32,33,35,43)/p+1/t6-,7-,8?,11-,12-,13-,18-,19-,42?/m1/s1. The Kier molecular flexibility index (Phi) is 7.65. The number of nitrogen functional groups attached to an aromatic ring is 1.